The number of benzene rings is 1. The third-order valence-corrected chi connectivity index (χ3v) is 2.04. The van der Waals surface area contributed by atoms with Crippen LogP contribution < -0.4 is 0 Å². The van der Waals surface area contributed by atoms with Gasteiger partial charge in [-0.05, 0) is 24.6 Å². The summed E-state index contributed by atoms with van der Waals surface area (Å²) in [4.78, 5) is 10.1. The second kappa shape index (κ2) is 3.62. The lowest BCUT2D eigenvalue weighted by atomic mass is 10.1. The Morgan fingerprint density at radius 3 is 2.36 bits per heavy atom. The highest BCUT2D eigenvalue weighted by Crippen LogP contribution is 2.18. The van der Waals surface area contributed by atoms with Crippen molar-refractivity contribution < 1.29 is 0 Å². The lowest BCUT2D eigenvalue weighted by Gasteiger charge is -2.00. The summed E-state index contributed by atoms with van der Waals surface area (Å²) >= 11 is 3.31. The van der Waals surface area contributed by atoms with Crippen LogP contribution in [0.2, 0.25) is 0 Å². The molecule has 11 heavy (non-hydrogen) atoms. The maximum absolute atomic E-state index is 10.1. The van der Waals surface area contributed by atoms with E-state index in [1.54, 1.807) is 6.92 Å². The Morgan fingerprint density at radius 2 is 1.91 bits per heavy atom. The quantitative estimate of drug-likeness (QED) is 0.694. The van der Waals surface area contributed by atoms with E-state index in [4.69, 9.17) is 0 Å². The highest BCUT2D eigenvalue weighted by atomic mass is 79.9. The van der Waals surface area contributed by atoms with Gasteiger partial charge in [-0.1, -0.05) is 33.2 Å². The van der Waals surface area contributed by atoms with Gasteiger partial charge >= 0.3 is 0 Å². The van der Waals surface area contributed by atoms with E-state index < -0.39 is 0 Å². The molecule has 0 heterocycles. The Bertz CT molecular complexity index is 245. The fourth-order valence-electron chi connectivity index (χ4n) is 0.802. The summed E-state index contributed by atoms with van der Waals surface area (Å²) in [5.41, 5.74) is 0.947. The van der Waals surface area contributed by atoms with Crippen LogP contribution in [0.4, 0.5) is 0 Å². The Morgan fingerprint density at radius 1 is 1.36 bits per heavy atom. The third-order valence-electron chi connectivity index (χ3n) is 1.51. The Balaban J connectivity index is 2.89. The van der Waals surface area contributed by atoms with Crippen molar-refractivity contribution in [1.29, 1.82) is 0 Å². The molecule has 0 fully saturated rings. The first-order valence-corrected chi connectivity index (χ1v) is 4.11. The van der Waals surface area contributed by atoms with Crippen molar-refractivity contribution in [3.63, 3.8) is 0 Å². The summed E-state index contributed by atoms with van der Waals surface area (Å²) in [6.07, 6.45) is 0. The van der Waals surface area contributed by atoms with Crippen molar-refractivity contribution in [2.24, 2.45) is 5.18 Å². The molecule has 58 valence electrons. The SMILES string of the molecule is CC(N=O)c1ccc(Br)cc1. The number of rotatable bonds is 2. The van der Waals surface area contributed by atoms with Crippen LogP contribution >= 0.6 is 15.9 Å². The second-order valence-corrected chi connectivity index (χ2v) is 3.25. The average molecular weight is 214 g/mol. The second-order valence-electron chi connectivity index (χ2n) is 2.33. The van der Waals surface area contributed by atoms with Gasteiger partial charge in [0.05, 0.1) is 0 Å². The predicted molar refractivity (Wildman–Crippen MR) is 48.4 cm³/mol. The summed E-state index contributed by atoms with van der Waals surface area (Å²) in [6.45, 7) is 1.77. The van der Waals surface area contributed by atoms with Crippen molar-refractivity contribution in [1.82, 2.24) is 0 Å². The molecular formula is C8H8BrNO. The first kappa shape index (κ1) is 8.40. The van der Waals surface area contributed by atoms with Crippen molar-refractivity contribution in [2.45, 2.75) is 13.0 Å². The van der Waals surface area contributed by atoms with E-state index in [1.165, 1.54) is 0 Å². The van der Waals surface area contributed by atoms with Crippen LogP contribution in [0.3, 0.4) is 0 Å². The molecule has 1 aromatic rings. The van der Waals surface area contributed by atoms with Gasteiger partial charge in [0.15, 0.2) is 0 Å². The summed E-state index contributed by atoms with van der Waals surface area (Å²) in [5, 5.41) is 2.92. The van der Waals surface area contributed by atoms with E-state index in [0.29, 0.717) is 0 Å². The number of halogens is 1. The Hall–Kier alpha value is -0.700. The molecule has 0 saturated carbocycles. The van der Waals surface area contributed by atoms with Gasteiger partial charge in [-0.3, -0.25) is 0 Å². The lowest BCUT2D eigenvalue weighted by Crippen LogP contribution is -1.86. The summed E-state index contributed by atoms with van der Waals surface area (Å²) in [7, 11) is 0. The smallest absolute Gasteiger partial charge is 0.114 e. The zero-order valence-electron chi connectivity index (χ0n) is 6.12. The molecule has 2 nitrogen and oxygen atoms in total. The van der Waals surface area contributed by atoms with Gasteiger partial charge in [0, 0.05) is 4.47 Å². The molecule has 0 bridgehead atoms. The van der Waals surface area contributed by atoms with Crippen LogP contribution in [0.15, 0.2) is 33.9 Å². The monoisotopic (exact) mass is 213 g/mol. The lowest BCUT2D eigenvalue weighted by molar-refractivity contribution is 0.811. The number of hydrogen-bond donors (Lipinski definition) is 0. The molecule has 1 atom stereocenters. The van der Waals surface area contributed by atoms with Gasteiger partial charge in [0.2, 0.25) is 0 Å². The minimum absolute atomic E-state index is 0.247. The molecular weight excluding hydrogens is 206 g/mol. The van der Waals surface area contributed by atoms with E-state index in [2.05, 4.69) is 21.1 Å². The van der Waals surface area contributed by atoms with Gasteiger partial charge in [-0.2, -0.15) is 4.91 Å². The van der Waals surface area contributed by atoms with Crippen molar-refractivity contribution in [2.75, 3.05) is 0 Å². The zero-order valence-corrected chi connectivity index (χ0v) is 7.71. The normalized spacial score (nSPS) is 12.5. The fourth-order valence-corrected chi connectivity index (χ4v) is 1.07. The van der Waals surface area contributed by atoms with Crippen LogP contribution in [-0.4, -0.2) is 0 Å². The van der Waals surface area contributed by atoms with Gasteiger partial charge < -0.3 is 0 Å². The Labute approximate surface area is 73.7 Å². The molecule has 0 N–H and O–H groups in total. The summed E-state index contributed by atoms with van der Waals surface area (Å²) in [5.74, 6) is 0. The summed E-state index contributed by atoms with van der Waals surface area (Å²) < 4.78 is 1.01. The number of nitrogens with zero attached hydrogens (tertiary/aromatic N) is 1. The highest BCUT2D eigenvalue weighted by molar-refractivity contribution is 9.10. The number of nitroso groups, excluding NO2 is 1. The maximum Gasteiger partial charge on any atom is 0.114 e. The first-order valence-electron chi connectivity index (χ1n) is 3.32. The minimum Gasteiger partial charge on any atom is -0.150 e. The standard InChI is InChI=1S/C8H8BrNO/c1-6(10-11)7-2-4-8(9)5-3-7/h2-6H,1H3. The van der Waals surface area contributed by atoms with E-state index in [1.807, 2.05) is 24.3 Å². The molecule has 0 aliphatic heterocycles. The molecule has 0 aromatic heterocycles. The van der Waals surface area contributed by atoms with E-state index >= 15 is 0 Å². The molecule has 1 rings (SSSR count). The van der Waals surface area contributed by atoms with E-state index in [9.17, 15) is 4.91 Å². The van der Waals surface area contributed by atoms with Crippen LogP contribution in [0.25, 0.3) is 0 Å². The van der Waals surface area contributed by atoms with E-state index in [0.717, 1.165) is 10.0 Å². The van der Waals surface area contributed by atoms with E-state index in [-0.39, 0.29) is 6.04 Å². The highest BCUT2D eigenvalue weighted by Gasteiger charge is 2.02. The molecule has 1 aromatic carbocycles. The molecule has 0 aliphatic rings. The first-order chi connectivity index (χ1) is 5.24. The largest absolute Gasteiger partial charge is 0.150 e. The minimum atomic E-state index is -0.247. The van der Waals surface area contributed by atoms with Crippen LogP contribution in [0.1, 0.15) is 18.5 Å². The molecule has 1 unspecified atom stereocenters. The van der Waals surface area contributed by atoms with Crippen molar-refractivity contribution >= 4 is 15.9 Å². The van der Waals surface area contributed by atoms with Gasteiger partial charge in [0.1, 0.15) is 6.04 Å². The fraction of sp³-hybridized carbons (Fsp3) is 0.250. The topological polar surface area (TPSA) is 29.4 Å². The van der Waals surface area contributed by atoms with Crippen molar-refractivity contribution in [3.8, 4) is 0 Å². The van der Waals surface area contributed by atoms with Gasteiger partial charge in [-0.25, -0.2) is 0 Å². The van der Waals surface area contributed by atoms with Gasteiger partial charge in [0.25, 0.3) is 0 Å². The van der Waals surface area contributed by atoms with Crippen LogP contribution in [0.5, 0.6) is 0 Å². The third kappa shape index (κ3) is 2.12. The van der Waals surface area contributed by atoms with Crippen LogP contribution in [0, 0.1) is 4.91 Å². The van der Waals surface area contributed by atoms with Crippen molar-refractivity contribution in [3.05, 3.63) is 39.2 Å². The maximum atomic E-state index is 10.1. The number of hydrogen-bond acceptors (Lipinski definition) is 2. The Kier molecular flexibility index (Phi) is 2.76. The molecule has 0 amide bonds. The average Bonchev–Trinajstić information content (AvgIpc) is 2.05. The summed E-state index contributed by atoms with van der Waals surface area (Å²) in [6, 6.07) is 7.32. The molecule has 0 spiro atoms. The predicted octanol–water partition coefficient (Wildman–Crippen LogP) is 3.28. The zero-order chi connectivity index (χ0) is 8.27. The molecule has 3 heteroatoms. The molecule has 0 radical (unpaired) electrons. The molecule has 0 aliphatic carbocycles. The molecule has 0 saturated heterocycles. The van der Waals surface area contributed by atoms with Crippen LogP contribution in [-0.2, 0) is 0 Å². The van der Waals surface area contributed by atoms with Gasteiger partial charge in [-0.15, -0.1) is 0 Å².